The summed E-state index contributed by atoms with van der Waals surface area (Å²) >= 11 is 5.64. The number of rotatable bonds is 4. The van der Waals surface area contributed by atoms with Crippen LogP contribution in [0.3, 0.4) is 0 Å². The van der Waals surface area contributed by atoms with Gasteiger partial charge in [-0.1, -0.05) is 23.7 Å². The molecule has 3 N–H and O–H groups in total. The standard InChI is InChI=1S/C16H12ClFN2O5/c17-9-5-6-10(13(21)7-9)15(23)25-8-14(22)20-16(24)19-12-4-2-1-3-11(12)18/h1-7,21H,8H2,(H2,19,20,22,24). The number of ether oxygens (including phenoxy) is 1. The summed E-state index contributed by atoms with van der Waals surface area (Å²) in [5.41, 5.74) is -0.302. The summed E-state index contributed by atoms with van der Waals surface area (Å²) in [6.07, 6.45) is 0. The number of phenols is 1. The molecule has 0 bridgehead atoms. The van der Waals surface area contributed by atoms with E-state index in [9.17, 15) is 23.9 Å². The number of nitrogens with one attached hydrogen (secondary N) is 2. The Hall–Kier alpha value is -3.13. The van der Waals surface area contributed by atoms with Gasteiger partial charge in [0.25, 0.3) is 5.91 Å². The maximum Gasteiger partial charge on any atom is 0.342 e. The van der Waals surface area contributed by atoms with Crippen LogP contribution < -0.4 is 10.6 Å². The Balaban J connectivity index is 1.85. The number of amides is 3. The number of anilines is 1. The topological polar surface area (TPSA) is 105 Å². The lowest BCUT2D eigenvalue weighted by molar-refractivity contribution is -0.123. The molecule has 2 aromatic rings. The van der Waals surface area contributed by atoms with E-state index in [4.69, 9.17) is 11.6 Å². The highest BCUT2D eigenvalue weighted by molar-refractivity contribution is 6.30. The minimum atomic E-state index is -0.986. The van der Waals surface area contributed by atoms with Gasteiger partial charge in [-0.25, -0.2) is 14.0 Å². The van der Waals surface area contributed by atoms with Crippen molar-refractivity contribution in [3.8, 4) is 5.75 Å². The molecule has 0 radical (unpaired) electrons. The van der Waals surface area contributed by atoms with Gasteiger partial charge in [0.15, 0.2) is 6.61 Å². The molecule has 0 spiro atoms. The minimum Gasteiger partial charge on any atom is -0.507 e. The third kappa shape index (κ3) is 5.18. The number of imide groups is 1. The normalized spacial score (nSPS) is 10.0. The van der Waals surface area contributed by atoms with Crippen molar-refractivity contribution in [1.29, 1.82) is 0 Å². The lowest BCUT2D eigenvalue weighted by Crippen LogP contribution is -2.37. The first-order chi connectivity index (χ1) is 11.9. The highest BCUT2D eigenvalue weighted by atomic mass is 35.5. The molecular weight excluding hydrogens is 355 g/mol. The minimum absolute atomic E-state index is 0.115. The average Bonchev–Trinajstić information content (AvgIpc) is 2.54. The van der Waals surface area contributed by atoms with Gasteiger partial charge in [0.05, 0.1) is 5.69 Å². The summed E-state index contributed by atoms with van der Waals surface area (Å²) in [6.45, 7) is -0.772. The quantitative estimate of drug-likeness (QED) is 0.721. The first kappa shape index (κ1) is 18.2. The van der Waals surface area contributed by atoms with Crippen molar-refractivity contribution in [3.05, 3.63) is 58.9 Å². The van der Waals surface area contributed by atoms with Crippen LogP contribution in [-0.2, 0) is 9.53 Å². The summed E-state index contributed by atoms with van der Waals surface area (Å²) < 4.78 is 18.0. The number of carbonyl (C=O) groups is 3. The molecule has 0 aromatic heterocycles. The number of phenolic OH excluding ortho intramolecular Hbond substituents is 1. The molecule has 0 aliphatic rings. The molecule has 0 unspecified atom stereocenters. The second kappa shape index (κ2) is 8.11. The Labute approximate surface area is 146 Å². The van der Waals surface area contributed by atoms with Crippen molar-refractivity contribution < 1.29 is 28.6 Å². The molecule has 0 aliphatic carbocycles. The molecule has 0 aliphatic heterocycles. The second-order valence-electron chi connectivity index (χ2n) is 4.72. The lowest BCUT2D eigenvalue weighted by atomic mass is 10.2. The fraction of sp³-hybridized carbons (Fsp3) is 0.0625. The summed E-state index contributed by atoms with van der Waals surface area (Å²) in [7, 11) is 0. The molecule has 0 fully saturated rings. The molecule has 2 aromatic carbocycles. The summed E-state index contributed by atoms with van der Waals surface area (Å²) in [5.74, 6) is -2.99. The number of para-hydroxylation sites is 1. The van der Waals surface area contributed by atoms with Crippen molar-refractivity contribution in [3.63, 3.8) is 0 Å². The van der Waals surface area contributed by atoms with Crippen LogP contribution in [0.2, 0.25) is 5.02 Å². The molecule has 130 valence electrons. The Morgan fingerprint density at radius 3 is 2.56 bits per heavy atom. The van der Waals surface area contributed by atoms with E-state index in [0.29, 0.717) is 0 Å². The van der Waals surface area contributed by atoms with Crippen molar-refractivity contribution >= 4 is 35.2 Å². The SMILES string of the molecule is O=C(COC(=O)c1ccc(Cl)cc1O)NC(=O)Nc1ccccc1F. The van der Waals surface area contributed by atoms with Crippen LogP contribution in [0, 0.1) is 5.82 Å². The van der Waals surface area contributed by atoms with Crippen molar-refractivity contribution in [1.82, 2.24) is 5.32 Å². The van der Waals surface area contributed by atoms with Crippen molar-refractivity contribution in [2.45, 2.75) is 0 Å². The summed E-state index contributed by atoms with van der Waals surface area (Å²) in [5, 5.41) is 13.8. The fourth-order valence-electron chi connectivity index (χ4n) is 1.77. The van der Waals surface area contributed by atoms with Crippen LogP contribution in [0.5, 0.6) is 5.75 Å². The van der Waals surface area contributed by atoms with Gasteiger partial charge in [0, 0.05) is 5.02 Å². The van der Waals surface area contributed by atoms with Gasteiger partial charge in [0.1, 0.15) is 17.1 Å². The van der Waals surface area contributed by atoms with E-state index in [0.717, 1.165) is 12.1 Å². The Morgan fingerprint density at radius 2 is 1.88 bits per heavy atom. The molecule has 0 saturated carbocycles. The molecule has 2 rings (SSSR count). The predicted octanol–water partition coefficient (Wildman–Crippen LogP) is 2.69. The molecule has 3 amide bonds. The molecule has 9 heteroatoms. The first-order valence-corrected chi connectivity index (χ1v) is 7.25. The largest absolute Gasteiger partial charge is 0.507 e. The van der Waals surface area contributed by atoms with Gasteiger partial charge in [-0.15, -0.1) is 0 Å². The smallest absolute Gasteiger partial charge is 0.342 e. The van der Waals surface area contributed by atoms with E-state index in [-0.39, 0.29) is 16.3 Å². The highest BCUT2D eigenvalue weighted by Crippen LogP contribution is 2.22. The Morgan fingerprint density at radius 1 is 1.16 bits per heavy atom. The maximum absolute atomic E-state index is 13.4. The fourth-order valence-corrected chi connectivity index (χ4v) is 1.93. The van der Waals surface area contributed by atoms with Gasteiger partial charge >= 0.3 is 12.0 Å². The Kier molecular flexibility index (Phi) is 5.91. The number of esters is 1. The van der Waals surface area contributed by atoms with Gasteiger partial charge in [0.2, 0.25) is 0 Å². The van der Waals surface area contributed by atoms with Crippen LogP contribution in [0.15, 0.2) is 42.5 Å². The Bertz CT molecular complexity index is 828. The molecule has 0 atom stereocenters. The number of hydrogen-bond acceptors (Lipinski definition) is 5. The molecule has 7 nitrogen and oxygen atoms in total. The van der Waals surface area contributed by atoms with E-state index < -0.39 is 36.1 Å². The van der Waals surface area contributed by atoms with Crippen LogP contribution in [-0.4, -0.2) is 29.6 Å². The van der Waals surface area contributed by atoms with Gasteiger partial charge in [-0.3, -0.25) is 10.1 Å². The first-order valence-electron chi connectivity index (χ1n) is 6.88. The van der Waals surface area contributed by atoms with Gasteiger partial charge < -0.3 is 15.2 Å². The zero-order chi connectivity index (χ0) is 18.4. The van der Waals surface area contributed by atoms with E-state index in [1.165, 1.54) is 30.3 Å². The number of aromatic hydroxyl groups is 1. The van der Waals surface area contributed by atoms with E-state index in [1.807, 2.05) is 5.32 Å². The second-order valence-corrected chi connectivity index (χ2v) is 5.16. The third-order valence-corrected chi connectivity index (χ3v) is 3.12. The number of hydrogen-bond donors (Lipinski definition) is 3. The third-order valence-electron chi connectivity index (χ3n) is 2.89. The van der Waals surface area contributed by atoms with Crippen molar-refractivity contribution in [2.24, 2.45) is 0 Å². The number of benzene rings is 2. The van der Waals surface area contributed by atoms with Crippen LogP contribution in [0.4, 0.5) is 14.9 Å². The zero-order valence-corrected chi connectivity index (χ0v) is 13.3. The van der Waals surface area contributed by atoms with Gasteiger partial charge in [-0.2, -0.15) is 0 Å². The highest BCUT2D eigenvalue weighted by Gasteiger charge is 2.16. The number of urea groups is 1. The molecule has 0 saturated heterocycles. The van der Waals surface area contributed by atoms with Crippen LogP contribution in [0.1, 0.15) is 10.4 Å². The lowest BCUT2D eigenvalue weighted by Gasteiger charge is -2.08. The van der Waals surface area contributed by atoms with Gasteiger partial charge in [-0.05, 0) is 30.3 Å². The predicted molar refractivity (Wildman–Crippen MR) is 87.0 cm³/mol. The number of carbonyl (C=O) groups excluding carboxylic acids is 3. The average molecular weight is 367 g/mol. The maximum atomic E-state index is 13.4. The zero-order valence-electron chi connectivity index (χ0n) is 12.6. The summed E-state index contributed by atoms with van der Waals surface area (Å²) in [6, 6.07) is 8.12. The monoisotopic (exact) mass is 366 g/mol. The summed E-state index contributed by atoms with van der Waals surface area (Å²) in [4.78, 5) is 34.9. The molecular formula is C16H12ClFN2O5. The van der Waals surface area contributed by atoms with E-state index in [1.54, 1.807) is 0 Å². The molecule has 0 heterocycles. The molecule has 25 heavy (non-hydrogen) atoms. The van der Waals surface area contributed by atoms with E-state index in [2.05, 4.69) is 10.1 Å². The van der Waals surface area contributed by atoms with E-state index >= 15 is 0 Å². The van der Waals surface area contributed by atoms with Crippen LogP contribution in [0.25, 0.3) is 0 Å². The number of halogens is 2. The van der Waals surface area contributed by atoms with Crippen LogP contribution >= 0.6 is 11.6 Å². The van der Waals surface area contributed by atoms with Crippen molar-refractivity contribution in [2.75, 3.05) is 11.9 Å².